The Morgan fingerprint density at radius 1 is 1.39 bits per heavy atom. The first-order valence-electron chi connectivity index (χ1n) is 6.43. The van der Waals surface area contributed by atoms with Crippen LogP contribution in [0.4, 0.5) is 0 Å². The molecular formula is C12H20N2O4. The van der Waals surface area contributed by atoms with Crippen LogP contribution in [0.2, 0.25) is 0 Å². The highest BCUT2D eigenvalue weighted by Gasteiger charge is 2.36. The molecule has 0 saturated carbocycles. The zero-order valence-corrected chi connectivity index (χ0v) is 10.7. The largest absolute Gasteiger partial charge is 0.467 e. The van der Waals surface area contributed by atoms with E-state index in [2.05, 4.69) is 5.32 Å². The zero-order chi connectivity index (χ0) is 13.0. The Balaban J connectivity index is 2.03. The Bertz CT molecular complexity index is 315. The number of carbonyl (C=O) groups is 2. The fourth-order valence-corrected chi connectivity index (χ4v) is 2.50. The fourth-order valence-electron chi connectivity index (χ4n) is 2.50. The van der Waals surface area contributed by atoms with E-state index in [-0.39, 0.29) is 17.9 Å². The van der Waals surface area contributed by atoms with Gasteiger partial charge in [-0.15, -0.1) is 0 Å². The maximum atomic E-state index is 12.4. The number of morpholine rings is 1. The van der Waals surface area contributed by atoms with Crippen LogP contribution in [0.15, 0.2) is 0 Å². The lowest BCUT2D eigenvalue weighted by molar-refractivity contribution is -0.156. The molecule has 6 heteroatoms. The van der Waals surface area contributed by atoms with Gasteiger partial charge in [0.2, 0.25) is 5.91 Å². The van der Waals surface area contributed by atoms with E-state index < -0.39 is 6.04 Å². The summed E-state index contributed by atoms with van der Waals surface area (Å²) in [6.07, 6.45) is 2.58. The van der Waals surface area contributed by atoms with Crippen LogP contribution < -0.4 is 5.32 Å². The minimum Gasteiger partial charge on any atom is -0.467 e. The maximum absolute atomic E-state index is 12.4. The van der Waals surface area contributed by atoms with Gasteiger partial charge in [-0.05, 0) is 19.3 Å². The van der Waals surface area contributed by atoms with Crippen LogP contribution in [-0.2, 0) is 19.1 Å². The number of nitrogens with zero attached hydrogens (tertiary/aromatic N) is 1. The van der Waals surface area contributed by atoms with Crippen molar-refractivity contribution in [3.05, 3.63) is 0 Å². The van der Waals surface area contributed by atoms with Gasteiger partial charge < -0.3 is 19.7 Å². The average molecular weight is 256 g/mol. The zero-order valence-electron chi connectivity index (χ0n) is 10.7. The number of hydrogen-bond acceptors (Lipinski definition) is 5. The lowest BCUT2D eigenvalue weighted by Crippen LogP contribution is -2.57. The lowest BCUT2D eigenvalue weighted by Gasteiger charge is -2.37. The fraction of sp³-hybridized carbons (Fsp3) is 0.833. The smallest absolute Gasteiger partial charge is 0.328 e. The van der Waals surface area contributed by atoms with Crippen LogP contribution >= 0.6 is 0 Å². The van der Waals surface area contributed by atoms with E-state index in [1.54, 1.807) is 4.90 Å². The van der Waals surface area contributed by atoms with Crippen molar-refractivity contribution in [2.45, 2.75) is 31.3 Å². The number of methoxy groups -OCH3 is 1. The molecule has 0 aromatic heterocycles. The molecule has 2 aliphatic rings. The Kier molecular flexibility index (Phi) is 4.54. The first-order chi connectivity index (χ1) is 8.74. The summed E-state index contributed by atoms with van der Waals surface area (Å²) in [6, 6.07) is -0.760. The highest BCUT2D eigenvalue weighted by molar-refractivity contribution is 5.88. The van der Waals surface area contributed by atoms with Crippen LogP contribution in [0, 0.1) is 0 Å². The number of amides is 1. The molecule has 0 aliphatic carbocycles. The Labute approximate surface area is 107 Å². The average Bonchev–Trinajstić information content (AvgIpc) is 2.46. The van der Waals surface area contributed by atoms with Gasteiger partial charge in [-0.25, -0.2) is 4.79 Å². The number of esters is 1. The van der Waals surface area contributed by atoms with Crippen molar-refractivity contribution in [1.82, 2.24) is 10.2 Å². The van der Waals surface area contributed by atoms with Crippen molar-refractivity contribution < 1.29 is 19.1 Å². The van der Waals surface area contributed by atoms with Gasteiger partial charge in [-0.3, -0.25) is 4.79 Å². The Hall–Kier alpha value is -1.14. The topological polar surface area (TPSA) is 67.9 Å². The van der Waals surface area contributed by atoms with Crippen molar-refractivity contribution in [2.75, 3.05) is 33.4 Å². The van der Waals surface area contributed by atoms with Crippen molar-refractivity contribution in [3.8, 4) is 0 Å². The van der Waals surface area contributed by atoms with Gasteiger partial charge in [0.15, 0.2) is 0 Å². The molecule has 2 fully saturated rings. The predicted molar refractivity (Wildman–Crippen MR) is 64.0 cm³/mol. The van der Waals surface area contributed by atoms with Crippen LogP contribution in [-0.4, -0.2) is 62.3 Å². The number of carbonyl (C=O) groups excluding carboxylic acids is 2. The van der Waals surface area contributed by atoms with Gasteiger partial charge in [-0.2, -0.15) is 0 Å². The first-order valence-corrected chi connectivity index (χ1v) is 6.43. The van der Waals surface area contributed by atoms with Gasteiger partial charge >= 0.3 is 5.97 Å². The summed E-state index contributed by atoms with van der Waals surface area (Å²) in [4.78, 5) is 25.7. The molecule has 102 valence electrons. The van der Waals surface area contributed by atoms with Crippen LogP contribution in [0.25, 0.3) is 0 Å². The van der Waals surface area contributed by atoms with Crippen molar-refractivity contribution in [1.29, 1.82) is 0 Å². The second-order valence-electron chi connectivity index (χ2n) is 4.65. The minimum atomic E-state index is -0.431. The third-order valence-corrected chi connectivity index (χ3v) is 3.48. The molecule has 1 N–H and O–H groups in total. The van der Waals surface area contributed by atoms with E-state index in [1.807, 2.05) is 0 Å². The SMILES string of the molecule is COC(=O)C1CCCCN1C(=O)C1COCCN1. The van der Waals surface area contributed by atoms with Crippen LogP contribution in [0.3, 0.4) is 0 Å². The summed E-state index contributed by atoms with van der Waals surface area (Å²) < 4.78 is 10.1. The van der Waals surface area contributed by atoms with E-state index in [4.69, 9.17) is 9.47 Å². The second kappa shape index (κ2) is 6.15. The number of ether oxygens (including phenoxy) is 2. The normalized spacial score (nSPS) is 28.8. The molecule has 0 radical (unpaired) electrons. The Morgan fingerprint density at radius 3 is 2.89 bits per heavy atom. The van der Waals surface area contributed by atoms with E-state index in [1.165, 1.54) is 7.11 Å². The van der Waals surface area contributed by atoms with E-state index in [0.717, 1.165) is 12.8 Å². The molecule has 0 aromatic rings. The summed E-state index contributed by atoms with van der Waals surface area (Å²) >= 11 is 0. The van der Waals surface area contributed by atoms with Gasteiger partial charge in [0.25, 0.3) is 0 Å². The number of piperidine rings is 1. The molecule has 0 spiro atoms. The molecular weight excluding hydrogens is 236 g/mol. The van der Waals surface area contributed by atoms with Gasteiger partial charge in [0.1, 0.15) is 12.1 Å². The number of nitrogens with one attached hydrogen (secondary N) is 1. The molecule has 18 heavy (non-hydrogen) atoms. The summed E-state index contributed by atoms with van der Waals surface area (Å²) in [5.41, 5.74) is 0. The number of likely N-dealkylation sites (tertiary alicyclic amines) is 1. The third kappa shape index (κ3) is 2.81. The number of rotatable bonds is 2. The van der Waals surface area contributed by atoms with Gasteiger partial charge in [-0.1, -0.05) is 0 Å². The summed E-state index contributed by atoms with van der Waals surface area (Å²) in [5, 5.41) is 3.13. The molecule has 2 aliphatic heterocycles. The van der Waals surface area contributed by atoms with E-state index >= 15 is 0 Å². The van der Waals surface area contributed by atoms with E-state index in [0.29, 0.717) is 32.7 Å². The molecule has 6 nitrogen and oxygen atoms in total. The molecule has 2 saturated heterocycles. The van der Waals surface area contributed by atoms with Crippen molar-refractivity contribution in [2.24, 2.45) is 0 Å². The highest BCUT2D eigenvalue weighted by atomic mass is 16.5. The third-order valence-electron chi connectivity index (χ3n) is 3.48. The number of hydrogen-bond donors (Lipinski definition) is 1. The molecule has 0 bridgehead atoms. The van der Waals surface area contributed by atoms with Crippen LogP contribution in [0.1, 0.15) is 19.3 Å². The first kappa shape index (κ1) is 13.3. The van der Waals surface area contributed by atoms with Gasteiger partial charge in [0, 0.05) is 13.1 Å². The summed E-state index contributed by atoms with van der Waals surface area (Å²) in [7, 11) is 1.36. The molecule has 1 amide bonds. The predicted octanol–water partition coefficient (Wildman–Crippen LogP) is -0.471. The molecule has 2 rings (SSSR count). The van der Waals surface area contributed by atoms with E-state index in [9.17, 15) is 9.59 Å². The molecule has 2 unspecified atom stereocenters. The Morgan fingerprint density at radius 2 is 2.22 bits per heavy atom. The maximum Gasteiger partial charge on any atom is 0.328 e. The standard InChI is InChI=1S/C12H20N2O4/c1-17-12(16)10-4-2-3-6-14(10)11(15)9-8-18-7-5-13-9/h9-10,13H,2-8H2,1H3. The quantitative estimate of drug-likeness (QED) is 0.676. The van der Waals surface area contributed by atoms with Crippen molar-refractivity contribution in [3.63, 3.8) is 0 Å². The highest BCUT2D eigenvalue weighted by Crippen LogP contribution is 2.19. The van der Waals surface area contributed by atoms with Gasteiger partial charge in [0.05, 0.1) is 20.3 Å². The monoisotopic (exact) mass is 256 g/mol. The molecule has 2 heterocycles. The molecule has 0 aromatic carbocycles. The summed E-state index contributed by atoms with van der Waals surface area (Å²) in [5.74, 6) is -0.371. The lowest BCUT2D eigenvalue weighted by atomic mass is 10.0. The molecule has 2 atom stereocenters. The minimum absolute atomic E-state index is 0.0511. The summed E-state index contributed by atoms with van der Waals surface area (Å²) in [6.45, 7) is 2.30. The van der Waals surface area contributed by atoms with Crippen LogP contribution in [0.5, 0.6) is 0 Å². The second-order valence-corrected chi connectivity index (χ2v) is 4.65. The van der Waals surface area contributed by atoms with Crippen molar-refractivity contribution >= 4 is 11.9 Å².